The highest BCUT2D eigenvalue weighted by atomic mass is 16.1. The molecule has 1 amide bonds. The van der Waals surface area contributed by atoms with Crippen LogP contribution in [0.2, 0.25) is 0 Å². The summed E-state index contributed by atoms with van der Waals surface area (Å²) in [4.78, 5) is 26.4. The van der Waals surface area contributed by atoms with Gasteiger partial charge in [0.1, 0.15) is 5.82 Å². The lowest BCUT2D eigenvalue weighted by molar-refractivity contribution is 0.102. The minimum atomic E-state index is -0.205. The third-order valence-corrected chi connectivity index (χ3v) is 5.67. The molecule has 2 aromatic carbocycles. The number of pyridine rings is 1. The van der Waals surface area contributed by atoms with Gasteiger partial charge in [-0.15, -0.1) is 0 Å². The lowest BCUT2D eigenvalue weighted by Gasteiger charge is -2.16. The van der Waals surface area contributed by atoms with Crippen LogP contribution in [0.5, 0.6) is 0 Å². The first-order valence-electron chi connectivity index (χ1n) is 10.2. The molecule has 4 aromatic rings. The van der Waals surface area contributed by atoms with Gasteiger partial charge in [-0.3, -0.25) is 9.78 Å². The molecule has 0 unspecified atom stereocenters. The SMILES string of the molecule is Nc1ccccc1NC(=O)c1ccc(C2(c3nccc(-c4ccccn4)n3)CC2)cc1. The second kappa shape index (κ2) is 7.65. The lowest BCUT2D eigenvalue weighted by Crippen LogP contribution is -2.16. The molecule has 0 radical (unpaired) electrons. The summed E-state index contributed by atoms with van der Waals surface area (Å²) in [7, 11) is 0. The van der Waals surface area contributed by atoms with Gasteiger partial charge in [-0.25, -0.2) is 9.97 Å². The van der Waals surface area contributed by atoms with Crippen molar-refractivity contribution in [3.8, 4) is 11.4 Å². The van der Waals surface area contributed by atoms with Gasteiger partial charge < -0.3 is 11.1 Å². The predicted molar refractivity (Wildman–Crippen MR) is 121 cm³/mol. The highest BCUT2D eigenvalue weighted by Gasteiger charge is 2.48. The molecule has 0 spiro atoms. The van der Waals surface area contributed by atoms with E-state index in [0.717, 1.165) is 35.6 Å². The van der Waals surface area contributed by atoms with E-state index in [1.165, 1.54) is 0 Å². The quantitative estimate of drug-likeness (QED) is 0.477. The van der Waals surface area contributed by atoms with Gasteiger partial charge >= 0.3 is 0 Å². The molecule has 2 aromatic heterocycles. The molecule has 6 nitrogen and oxygen atoms in total. The summed E-state index contributed by atoms with van der Waals surface area (Å²) in [5.74, 6) is 0.604. The Hall–Kier alpha value is -4.06. The number of benzene rings is 2. The molecule has 1 aliphatic rings. The Labute approximate surface area is 180 Å². The van der Waals surface area contributed by atoms with Crippen LogP contribution < -0.4 is 11.1 Å². The van der Waals surface area contributed by atoms with Crippen molar-refractivity contribution in [2.45, 2.75) is 18.3 Å². The monoisotopic (exact) mass is 407 g/mol. The smallest absolute Gasteiger partial charge is 0.255 e. The third kappa shape index (κ3) is 3.64. The number of para-hydroxylation sites is 2. The normalized spacial score (nSPS) is 14.1. The van der Waals surface area contributed by atoms with Crippen molar-refractivity contribution < 1.29 is 4.79 Å². The Morgan fingerprint density at radius 1 is 0.839 bits per heavy atom. The molecular weight excluding hydrogens is 386 g/mol. The van der Waals surface area contributed by atoms with Gasteiger partial charge in [0.15, 0.2) is 0 Å². The van der Waals surface area contributed by atoms with Crippen LogP contribution in [0.3, 0.4) is 0 Å². The summed E-state index contributed by atoms with van der Waals surface area (Å²) in [5.41, 5.74) is 10.2. The molecule has 0 bridgehead atoms. The van der Waals surface area contributed by atoms with Gasteiger partial charge in [-0.1, -0.05) is 30.3 Å². The topological polar surface area (TPSA) is 93.8 Å². The van der Waals surface area contributed by atoms with Crippen molar-refractivity contribution in [1.29, 1.82) is 0 Å². The number of rotatable bonds is 5. The van der Waals surface area contributed by atoms with Crippen LogP contribution in [-0.4, -0.2) is 20.9 Å². The predicted octanol–water partition coefficient (Wildman–Crippen LogP) is 4.45. The number of anilines is 2. The fourth-order valence-electron chi connectivity index (χ4n) is 3.76. The Morgan fingerprint density at radius 2 is 1.61 bits per heavy atom. The largest absolute Gasteiger partial charge is 0.397 e. The van der Waals surface area contributed by atoms with Crippen molar-refractivity contribution >= 4 is 17.3 Å². The van der Waals surface area contributed by atoms with Crippen LogP contribution in [0.4, 0.5) is 11.4 Å². The van der Waals surface area contributed by atoms with Gasteiger partial charge in [-0.05, 0) is 60.9 Å². The van der Waals surface area contributed by atoms with E-state index >= 15 is 0 Å². The Balaban J connectivity index is 1.39. The van der Waals surface area contributed by atoms with Crippen molar-refractivity contribution in [2.75, 3.05) is 11.1 Å². The molecule has 31 heavy (non-hydrogen) atoms. The molecule has 1 saturated carbocycles. The van der Waals surface area contributed by atoms with Crippen molar-refractivity contribution in [3.63, 3.8) is 0 Å². The van der Waals surface area contributed by atoms with Crippen molar-refractivity contribution in [1.82, 2.24) is 15.0 Å². The Kier molecular flexibility index (Phi) is 4.67. The minimum absolute atomic E-state index is 0.192. The van der Waals surface area contributed by atoms with Crippen LogP contribution in [0.25, 0.3) is 11.4 Å². The lowest BCUT2D eigenvalue weighted by atomic mass is 9.93. The summed E-state index contributed by atoms with van der Waals surface area (Å²) in [6, 6.07) is 22.5. The number of nitrogen functional groups attached to an aromatic ring is 1. The number of carbonyl (C=O) groups excluding carboxylic acids is 1. The van der Waals surface area contributed by atoms with E-state index in [-0.39, 0.29) is 11.3 Å². The number of carbonyl (C=O) groups is 1. The minimum Gasteiger partial charge on any atom is -0.397 e. The standard InChI is InChI=1S/C25H21N5O/c26-19-5-1-2-6-20(19)29-23(31)17-8-10-18(11-9-17)25(13-14-25)24-28-16-12-22(30-24)21-7-3-4-15-27-21/h1-12,15-16H,13-14,26H2,(H,29,31). The molecule has 0 saturated heterocycles. The maximum Gasteiger partial charge on any atom is 0.255 e. The van der Waals surface area contributed by atoms with Crippen molar-refractivity contribution in [2.24, 2.45) is 0 Å². The molecule has 3 N–H and O–H groups in total. The highest BCUT2D eigenvalue weighted by Crippen LogP contribution is 2.52. The van der Waals surface area contributed by atoms with Gasteiger partial charge in [-0.2, -0.15) is 0 Å². The first kappa shape index (κ1) is 18.9. The molecule has 6 heteroatoms. The first-order chi connectivity index (χ1) is 15.2. The number of amides is 1. The van der Waals surface area contributed by atoms with E-state index in [1.807, 2.05) is 60.7 Å². The summed E-state index contributed by atoms with van der Waals surface area (Å²) in [6.07, 6.45) is 5.50. The highest BCUT2D eigenvalue weighted by molar-refractivity contribution is 6.05. The van der Waals surface area contributed by atoms with Crippen LogP contribution in [-0.2, 0) is 5.41 Å². The molecular formula is C25H21N5O. The number of nitrogens with one attached hydrogen (secondary N) is 1. The second-order valence-corrected chi connectivity index (χ2v) is 7.68. The van der Waals surface area contributed by atoms with Crippen LogP contribution in [0, 0.1) is 0 Å². The van der Waals surface area contributed by atoms with E-state index in [4.69, 9.17) is 10.7 Å². The fraction of sp³-hybridized carbons (Fsp3) is 0.120. The van der Waals surface area contributed by atoms with Gasteiger partial charge in [0, 0.05) is 18.0 Å². The van der Waals surface area contributed by atoms with Gasteiger partial charge in [0.05, 0.1) is 28.2 Å². The molecule has 0 atom stereocenters. The molecule has 5 rings (SSSR count). The first-order valence-corrected chi connectivity index (χ1v) is 10.2. The van der Waals surface area contributed by atoms with E-state index in [1.54, 1.807) is 24.5 Å². The zero-order valence-electron chi connectivity index (χ0n) is 16.8. The molecule has 0 aliphatic heterocycles. The van der Waals surface area contributed by atoms with Crippen LogP contribution in [0.1, 0.15) is 34.6 Å². The maximum atomic E-state index is 12.6. The zero-order valence-corrected chi connectivity index (χ0v) is 16.8. The van der Waals surface area contributed by atoms with Crippen LogP contribution >= 0.6 is 0 Å². The Bertz CT molecular complexity index is 1230. The van der Waals surface area contributed by atoms with Gasteiger partial charge in [0.25, 0.3) is 5.91 Å². The number of nitrogens with zero attached hydrogens (tertiary/aromatic N) is 3. The van der Waals surface area contributed by atoms with Gasteiger partial charge in [0.2, 0.25) is 0 Å². The molecule has 2 heterocycles. The summed E-state index contributed by atoms with van der Waals surface area (Å²) in [6.45, 7) is 0. The zero-order chi connectivity index (χ0) is 21.3. The number of nitrogens with two attached hydrogens (primary N) is 1. The van der Waals surface area contributed by atoms with Crippen LogP contribution in [0.15, 0.2) is 85.2 Å². The third-order valence-electron chi connectivity index (χ3n) is 5.67. The second-order valence-electron chi connectivity index (χ2n) is 7.68. The van der Waals surface area contributed by atoms with Crippen molar-refractivity contribution in [3.05, 3.63) is 102 Å². The molecule has 152 valence electrons. The summed E-state index contributed by atoms with van der Waals surface area (Å²) in [5, 5.41) is 2.86. The van der Waals surface area contributed by atoms with E-state index in [2.05, 4.69) is 15.3 Å². The number of hydrogen-bond donors (Lipinski definition) is 2. The Morgan fingerprint density at radius 3 is 2.32 bits per heavy atom. The maximum absolute atomic E-state index is 12.6. The van der Waals surface area contributed by atoms with E-state index < -0.39 is 0 Å². The molecule has 1 aliphatic carbocycles. The van der Waals surface area contributed by atoms with E-state index in [0.29, 0.717) is 16.9 Å². The summed E-state index contributed by atoms with van der Waals surface area (Å²) >= 11 is 0. The fourth-order valence-corrected chi connectivity index (χ4v) is 3.76. The molecule has 1 fully saturated rings. The van der Waals surface area contributed by atoms with E-state index in [9.17, 15) is 4.79 Å². The average molecular weight is 407 g/mol. The summed E-state index contributed by atoms with van der Waals surface area (Å²) < 4.78 is 0. The average Bonchev–Trinajstić information content (AvgIpc) is 3.64. The number of hydrogen-bond acceptors (Lipinski definition) is 5. The number of aromatic nitrogens is 3.